The maximum atomic E-state index is 10.7. The summed E-state index contributed by atoms with van der Waals surface area (Å²) in [5.41, 5.74) is 10.3. The van der Waals surface area contributed by atoms with E-state index in [4.69, 9.17) is 17.3 Å². The lowest BCUT2D eigenvalue weighted by atomic mass is 10.1. The fourth-order valence-electron chi connectivity index (χ4n) is 2.84. The summed E-state index contributed by atoms with van der Waals surface area (Å²) in [6.45, 7) is 5.99. The van der Waals surface area contributed by atoms with Gasteiger partial charge < -0.3 is 16.2 Å². The molecule has 0 fully saturated rings. The molecule has 4 N–H and O–H groups in total. The van der Waals surface area contributed by atoms with Crippen molar-refractivity contribution < 1.29 is 5.11 Å². The van der Waals surface area contributed by atoms with E-state index in [-0.39, 0.29) is 11.6 Å². The summed E-state index contributed by atoms with van der Waals surface area (Å²) in [6.07, 6.45) is 0. The Morgan fingerprint density at radius 3 is 2.59 bits per heavy atom. The van der Waals surface area contributed by atoms with Gasteiger partial charge in [-0.25, -0.2) is 0 Å². The molecule has 1 aliphatic heterocycles. The van der Waals surface area contributed by atoms with E-state index in [2.05, 4.69) is 27.0 Å². The number of aliphatic imine (C=N–C) groups is 3. The molecule has 0 bridgehead atoms. The predicted molar refractivity (Wildman–Crippen MR) is 113 cm³/mol. The van der Waals surface area contributed by atoms with Crippen molar-refractivity contribution in [2.24, 2.45) is 20.7 Å². The van der Waals surface area contributed by atoms with Gasteiger partial charge in [-0.1, -0.05) is 41.4 Å². The highest BCUT2D eigenvalue weighted by molar-refractivity contribution is 6.35. The molecular weight excluding hydrogens is 362 g/mol. The van der Waals surface area contributed by atoms with E-state index in [0.717, 1.165) is 22.3 Å². The van der Waals surface area contributed by atoms with E-state index in [1.54, 1.807) is 13.1 Å². The van der Waals surface area contributed by atoms with Crippen molar-refractivity contribution >= 4 is 41.4 Å². The predicted octanol–water partition coefficient (Wildman–Crippen LogP) is 3.93. The van der Waals surface area contributed by atoms with Gasteiger partial charge in [-0.3, -0.25) is 15.0 Å². The third kappa shape index (κ3) is 3.57. The smallest absolute Gasteiger partial charge is 0.184 e. The molecule has 0 radical (unpaired) electrons. The second-order valence-corrected chi connectivity index (χ2v) is 6.45. The average molecular weight is 382 g/mol. The summed E-state index contributed by atoms with van der Waals surface area (Å²) >= 11 is 6.49. The number of benzene rings is 2. The molecule has 1 aliphatic rings. The van der Waals surface area contributed by atoms with Crippen molar-refractivity contribution in [3.8, 4) is 0 Å². The van der Waals surface area contributed by atoms with Gasteiger partial charge in [0.15, 0.2) is 11.6 Å². The van der Waals surface area contributed by atoms with Crippen molar-refractivity contribution in [1.29, 1.82) is 0 Å². The van der Waals surface area contributed by atoms with Gasteiger partial charge in [-0.2, -0.15) is 0 Å². The van der Waals surface area contributed by atoms with Crippen molar-refractivity contribution in [3.63, 3.8) is 0 Å². The fourth-order valence-corrected chi connectivity index (χ4v) is 3.11. The number of rotatable bonds is 4. The SMILES string of the molecule is C=N/C(=C(/O)C(=NC)Nc1ccc2c(c1Cl)CN=C2N)c1ccc(C)cc1. The molecule has 1 heterocycles. The largest absolute Gasteiger partial charge is 0.503 e. The zero-order valence-electron chi connectivity index (χ0n) is 15.1. The van der Waals surface area contributed by atoms with Crippen molar-refractivity contribution in [2.75, 3.05) is 12.4 Å². The summed E-state index contributed by atoms with van der Waals surface area (Å²) in [4.78, 5) is 12.3. The number of amidine groups is 2. The molecule has 138 valence electrons. The van der Waals surface area contributed by atoms with Crippen LogP contribution in [0.2, 0.25) is 5.02 Å². The molecule has 27 heavy (non-hydrogen) atoms. The number of aliphatic hydroxyl groups excluding tert-OH is 1. The van der Waals surface area contributed by atoms with Crippen LogP contribution < -0.4 is 11.1 Å². The molecule has 0 aliphatic carbocycles. The van der Waals surface area contributed by atoms with Gasteiger partial charge in [0.05, 0.1) is 17.3 Å². The molecule has 0 saturated carbocycles. The highest BCUT2D eigenvalue weighted by atomic mass is 35.5. The molecule has 0 unspecified atom stereocenters. The first-order valence-corrected chi connectivity index (χ1v) is 8.67. The lowest BCUT2D eigenvalue weighted by Gasteiger charge is -2.14. The van der Waals surface area contributed by atoms with Crippen molar-refractivity contribution in [3.05, 3.63) is 69.4 Å². The molecule has 0 spiro atoms. The highest BCUT2D eigenvalue weighted by Gasteiger charge is 2.20. The number of anilines is 1. The van der Waals surface area contributed by atoms with Crippen LogP contribution >= 0.6 is 11.6 Å². The van der Waals surface area contributed by atoms with E-state index >= 15 is 0 Å². The molecule has 0 atom stereocenters. The van der Waals surface area contributed by atoms with Crippen LogP contribution in [-0.2, 0) is 6.54 Å². The van der Waals surface area contributed by atoms with Crippen LogP contribution in [0.15, 0.2) is 57.1 Å². The number of aliphatic hydroxyl groups is 1. The number of aryl methyl sites for hydroxylation is 1. The Balaban J connectivity index is 1.96. The van der Waals surface area contributed by atoms with Gasteiger partial charge in [0, 0.05) is 23.7 Å². The number of halogens is 1. The van der Waals surface area contributed by atoms with Gasteiger partial charge in [-0.05, 0) is 25.8 Å². The fraction of sp³-hybridized carbons (Fsp3) is 0.150. The number of fused-ring (bicyclic) bond motifs is 1. The third-order valence-electron chi connectivity index (χ3n) is 4.34. The van der Waals surface area contributed by atoms with Crippen molar-refractivity contribution in [2.45, 2.75) is 13.5 Å². The third-order valence-corrected chi connectivity index (χ3v) is 4.77. The average Bonchev–Trinajstić information content (AvgIpc) is 3.05. The van der Waals surface area contributed by atoms with E-state index in [1.807, 2.05) is 37.3 Å². The van der Waals surface area contributed by atoms with Crippen LogP contribution in [0.25, 0.3) is 5.70 Å². The zero-order valence-corrected chi connectivity index (χ0v) is 15.9. The molecule has 7 heteroatoms. The van der Waals surface area contributed by atoms with Crippen LogP contribution in [0.5, 0.6) is 0 Å². The Kier molecular flexibility index (Phi) is 5.28. The Morgan fingerprint density at radius 2 is 1.96 bits per heavy atom. The van der Waals surface area contributed by atoms with E-state index < -0.39 is 0 Å². The van der Waals surface area contributed by atoms with Gasteiger partial charge in [-0.15, -0.1) is 0 Å². The zero-order chi connectivity index (χ0) is 19.6. The van der Waals surface area contributed by atoms with Gasteiger partial charge >= 0.3 is 0 Å². The van der Waals surface area contributed by atoms with Crippen LogP contribution in [0, 0.1) is 6.92 Å². The number of nitrogens with zero attached hydrogens (tertiary/aromatic N) is 3. The summed E-state index contributed by atoms with van der Waals surface area (Å²) in [6, 6.07) is 11.2. The van der Waals surface area contributed by atoms with Crippen LogP contribution in [0.3, 0.4) is 0 Å². The number of nitrogens with two attached hydrogens (primary N) is 1. The van der Waals surface area contributed by atoms with Crippen molar-refractivity contribution in [1.82, 2.24) is 0 Å². The maximum absolute atomic E-state index is 10.7. The quantitative estimate of drug-likeness (QED) is 0.425. The highest BCUT2D eigenvalue weighted by Crippen LogP contribution is 2.33. The first-order valence-electron chi connectivity index (χ1n) is 8.29. The lowest BCUT2D eigenvalue weighted by molar-refractivity contribution is 0.444. The molecular formula is C20H20ClN5O. The minimum Gasteiger partial charge on any atom is -0.503 e. The minimum absolute atomic E-state index is 0.122. The van der Waals surface area contributed by atoms with E-state index in [0.29, 0.717) is 28.8 Å². The molecule has 0 amide bonds. The standard InChI is InChI=1S/C20H20ClN5O/c1-11-4-6-12(7-5-11)17(23-2)18(27)20(24-3)26-15-9-8-13-14(16(15)21)10-25-19(13)22/h4-9,27H,2,10H2,1,3H3,(H2,22,25)(H,24,26)/b18-17+. The Hall–Kier alpha value is -3.12. The monoisotopic (exact) mass is 381 g/mol. The maximum Gasteiger partial charge on any atom is 0.184 e. The first kappa shape index (κ1) is 18.7. The topological polar surface area (TPSA) is 95.4 Å². The second-order valence-electron chi connectivity index (χ2n) is 6.07. The van der Waals surface area contributed by atoms with E-state index in [9.17, 15) is 5.11 Å². The molecule has 0 aromatic heterocycles. The Bertz CT molecular complexity index is 990. The molecule has 6 nitrogen and oxygen atoms in total. The van der Waals surface area contributed by atoms with Crippen LogP contribution in [-0.4, -0.2) is 30.5 Å². The normalized spacial score (nSPS) is 14.3. The Morgan fingerprint density at radius 1 is 1.26 bits per heavy atom. The lowest BCUT2D eigenvalue weighted by Crippen LogP contribution is -2.17. The van der Waals surface area contributed by atoms with Crippen LogP contribution in [0.4, 0.5) is 5.69 Å². The van der Waals surface area contributed by atoms with Crippen LogP contribution in [0.1, 0.15) is 22.3 Å². The summed E-state index contributed by atoms with van der Waals surface area (Å²) in [5.74, 6) is 0.582. The first-order chi connectivity index (χ1) is 13.0. The summed E-state index contributed by atoms with van der Waals surface area (Å²) in [7, 11) is 1.57. The second kappa shape index (κ2) is 7.63. The summed E-state index contributed by atoms with van der Waals surface area (Å²) < 4.78 is 0. The number of nitrogens with one attached hydrogen (secondary N) is 1. The summed E-state index contributed by atoms with van der Waals surface area (Å²) in [5, 5.41) is 14.3. The van der Waals surface area contributed by atoms with E-state index in [1.165, 1.54) is 0 Å². The Labute approximate surface area is 162 Å². The molecule has 2 aromatic carbocycles. The van der Waals surface area contributed by atoms with Gasteiger partial charge in [0.1, 0.15) is 11.5 Å². The molecule has 3 rings (SSSR count). The number of hydrogen-bond acceptors (Lipinski definition) is 5. The molecule has 0 saturated heterocycles. The van der Waals surface area contributed by atoms with Gasteiger partial charge in [0.25, 0.3) is 0 Å². The molecule has 2 aromatic rings. The van der Waals surface area contributed by atoms with Gasteiger partial charge in [0.2, 0.25) is 0 Å². The minimum atomic E-state index is -0.122. The number of hydrogen-bond donors (Lipinski definition) is 3.